The number of aromatic carboxylic acids is 1. The summed E-state index contributed by atoms with van der Waals surface area (Å²) in [6, 6.07) is 26.3. The van der Waals surface area contributed by atoms with Crippen molar-refractivity contribution in [1.29, 1.82) is 0 Å². The Balaban J connectivity index is 1.51. The molecule has 0 radical (unpaired) electrons. The van der Waals surface area contributed by atoms with Gasteiger partial charge in [0.1, 0.15) is 22.8 Å². The van der Waals surface area contributed by atoms with Crippen LogP contribution in [0.15, 0.2) is 108 Å². The number of hydrogen-bond donors (Lipinski definition) is 5. The lowest BCUT2D eigenvalue weighted by Gasteiger charge is -2.16. The average molecular weight is 626 g/mol. The normalized spacial score (nSPS) is 11.6. The molecule has 3 amide bonds. The van der Waals surface area contributed by atoms with E-state index < -0.39 is 28.8 Å². The van der Waals surface area contributed by atoms with E-state index in [4.69, 9.17) is 4.74 Å². The van der Waals surface area contributed by atoms with Gasteiger partial charge in [0.2, 0.25) is 5.91 Å². The highest BCUT2D eigenvalue weighted by atomic mass is 32.2. The van der Waals surface area contributed by atoms with Crippen LogP contribution in [-0.4, -0.2) is 46.3 Å². The topological polar surface area (TPSA) is 154 Å². The first-order valence-electron chi connectivity index (χ1n) is 13.8. The maximum absolute atomic E-state index is 13.5. The summed E-state index contributed by atoms with van der Waals surface area (Å²) in [5, 5.41) is 26.7. The Morgan fingerprint density at radius 1 is 0.867 bits per heavy atom. The summed E-state index contributed by atoms with van der Waals surface area (Å²) in [4.78, 5) is 51.5. The van der Waals surface area contributed by atoms with Gasteiger partial charge in [0.05, 0.1) is 12.4 Å². The smallest absolute Gasteiger partial charge is 0.339 e. The molecule has 10 nitrogen and oxygen atoms in total. The number of benzene rings is 4. The average Bonchev–Trinajstić information content (AvgIpc) is 3.04. The number of nitrogens with one attached hydrogen (secondary N) is 3. The highest BCUT2D eigenvalue weighted by Crippen LogP contribution is 2.29. The van der Waals surface area contributed by atoms with E-state index in [0.717, 1.165) is 0 Å². The largest absolute Gasteiger partial charge is 0.507 e. The fraction of sp³-hybridized carbons (Fsp3) is 0.118. The van der Waals surface area contributed by atoms with Crippen molar-refractivity contribution in [2.75, 3.05) is 17.7 Å². The highest BCUT2D eigenvalue weighted by Gasteiger charge is 2.20. The zero-order valence-corrected chi connectivity index (χ0v) is 25.3. The third kappa shape index (κ3) is 8.97. The minimum Gasteiger partial charge on any atom is -0.507 e. The number of hydrogen-bond acceptors (Lipinski definition) is 7. The fourth-order valence-electron chi connectivity index (χ4n) is 4.18. The number of aromatic hydroxyl groups is 1. The molecule has 1 unspecified atom stereocenters. The van der Waals surface area contributed by atoms with Crippen molar-refractivity contribution in [2.45, 2.75) is 23.5 Å². The van der Waals surface area contributed by atoms with E-state index in [9.17, 15) is 29.4 Å². The Kier molecular flexibility index (Phi) is 11.0. The number of thioether (sulfide) groups is 1. The Hall–Kier alpha value is -5.55. The molecule has 4 rings (SSSR count). The third-order valence-electron chi connectivity index (χ3n) is 6.46. The van der Waals surface area contributed by atoms with E-state index in [2.05, 4.69) is 16.0 Å². The van der Waals surface area contributed by atoms with Gasteiger partial charge in [-0.25, -0.2) is 4.79 Å². The van der Waals surface area contributed by atoms with E-state index in [1.165, 1.54) is 37.1 Å². The molecule has 45 heavy (non-hydrogen) atoms. The van der Waals surface area contributed by atoms with Crippen molar-refractivity contribution in [1.82, 2.24) is 5.32 Å². The zero-order valence-electron chi connectivity index (χ0n) is 24.4. The molecule has 0 saturated carbocycles. The highest BCUT2D eigenvalue weighted by molar-refractivity contribution is 8.00. The van der Waals surface area contributed by atoms with Crippen molar-refractivity contribution < 1.29 is 34.1 Å². The Morgan fingerprint density at radius 2 is 1.60 bits per heavy atom. The van der Waals surface area contributed by atoms with Crippen molar-refractivity contribution in [2.24, 2.45) is 0 Å². The van der Waals surface area contributed by atoms with Gasteiger partial charge in [0.15, 0.2) is 0 Å². The van der Waals surface area contributed by atoms with Gasteiger partial charge >= 0.3 is 5.97 Å². The lowest BCUT2D eigenvalue weighted by atomic mass is 10.1. The second kappa shape index (κ2) is 15.3. The second-order valence-corrected chi connectivity index (χ2v) is 11.0. The molecule has 0 bridgehead atoms. The van der Waals surface area contributed by atoms with Crippen LogP contribution in [0.1, 0.15) is 39.6 Å². The number of carboxylic acids is 1. The van der Waals surface area contributed by atoms with Gasteiger partial charge in [0.25, 0.3) is 11.8 Å². The number of amides is 3. The Bertz CT molecular complexity index is 1740. The number of phenols is 1. The summed E-state index contributed by atoms with van der Waals surface area (Å²) in [6.07, 6.45) is 2.00. The van der Waals surface area contributed by atoms with Crippen LogP contribution in [0.3, 0.4) is 0 Å². The second-order valence-electron chi connectivity index (χ2n) is 9.68. The molecule has 0 aliphatic carbocycles. The van der Waals surface area contributed by atoms with E-state index in [0.29, 0.717) is 33.9 Å². The van der Waals surface area contributed by atoms with Gasteiger partial charge in [-0.1, -0.05) is 43.3 Å². The number of anilines is 2. The first-order chi connectivity index (χ1) is 21.7. The molecule has 0 heterocycles. The van der Waals surface area contributed by atoms with Crippen molar-refractivity contribution >= 4 is 52.9 Å². The van der Waals surface area contributed by atoms with E-state index in [1.807, 2.05) is 6.92 Å². The molecule has 4 aromatic carbocycles. The van der Waals surface area contributed by atoms with E-state index in [-0.39, 0.29) is 22.9 Å². The van der Waals surface area contributed by atoms with Crippen LogP contribution in [-0.2, 0) is 9.59 Å². The fourth-order valence-corrected chi connectivity index (χ4v) is 5.19. The first-order valence-corrected chi connectivity index (χ1v) is 14.7. The first kappa shape index (κ1) is 32.4. The number of methoxy groups -OCH3 is 1. The third-order valence-corrected chi connectivity index (χ3v) is 7.82. The molecule has 0 aliphatic heterocycles. The van der Waals surface area contributed by atoms with Gasteiger partial charge in [-0.3, -0.25) is 14.4 Å². The van der Waals surface area contributed by atoms with Crippen LogP contribution in [0.2, 0.25) is 0 Å². The predicted octanol–water partition coefficient (Wildman–Crippen LogP) is 6.02. The molecule has 1 atom stereocenters. The van der Waals surface area contributed by atoms with Crippen LogP contribution < -0.4 is 20.7 Å². The molecule has 0 aliphatic rings. The zero-order chi connectivity index (χ0) is 32.3. The number of ether oxygens (including phenoxy) is 1. The molecular weight excluding hydrogens is 594 g/mol. The lowest BCUT2D eigenvalue weighted by molar-refractivity contribution is -0.116. The molecule has 5 N–H and O–H groups in total. The van der Waals surface area contributed by atoms with Crippen LogP contribution in [0, 0.1) is 0 Å². The number of rotatable bonds is 12. The van der Waals surface area contributed by atoms with Crippen LogP contribution >= 0.6 is 11.8 Å². The van der Waals surface area contributed by atoms with Gasteiger partial charge < -0.3 is 30.9 Å². The van der Waals surface area contributed by atoms with Gasteiger partial charge in [0, 0.05) is 21.8 Å². The molecule has 230 valence electrons. The molecular formula is C34H31N3O7S. The van der Waals surface area contributed by atoms with Crippen molar-refractivity contribution in [3.05, 3.63) is 119 Å². The number of carbonyl (C=O) groups excluding carboxylic acids is 3. The molecule has 11 heteroatoms. The number of carboxylic acid groups (broad SMARTS) is 1. The quantitative estimate of drug-likeness (QED) is 0.0728. The summed E-state index contributed by atoms with van der Waals surface area (Å²) in [6.45, 7) is 1.84. The lowest BCUT2D eigenvalue weighted by Crippen LogP contribution is -2.30. The van der Waals surface area contributed by atoms with Gasteiger partial charge in [-0.15, -0.1) is 11.8 Å². The van der Waals surface area contributed by atoms with Crippen LogP contribution in [0.25, 0.3) is 6.08 Å². The SMILES string of the molecule is CCC(Sc1cccc(NC(=O)/C(=C/c2cccc(OC)c2)NC(=O)c2ccccc2)c1)C(=O)Nc1ccc(O)c(C(=O)O)c1. The maximum Gasteiger partial charge on any atom is 0.339 e. The molecule has 0 aromatic heterocycles. The summed E-state index contributed by atoms with van der Waals surface area (Å²) < 4.78 is 5.28. The van der Waals surface area contributed by atoms with E-state index in [1.54, 1.807) is 84.9 Å². The monoisotopic (exact) mass is 625 g/mol. The molecule has 4 aromatic rings. The molecule has 0 fully saturated rings. The minimum absolute atomic E-state index is 0.00982. The van der Waals surface area contributed by atoms with Crippen LogP contribution in [0.4, 0.5) is 11.4 Å². The summed E-state index contributed by atoms with van der Waals surface area (Å²) in [7, 11) is 1.54. The van der Waals surface area contributed by atoms with E-state index >= 15 is 0 Å². The molecule has 0 spiro atoms. The van der Waals surface area contributed by atoms with Crippen molar-refractivity contribution in [3.63, 3.8) is 0 Å². The summed E-state index contributed by atoms with van der Waals surface area (Å²) in [5.74, 6) is -2.50. The minimum atomic E-state index is -1.31. The standard InChI is InChI=1S/C34H31N3O7S/c1-3-30(33(41)36-24-15-16-29(38)27(20-24)34(42)43)45-26-14-8-12-23(19-26)35-32(40)28(18-21-9-7-13-25(17-21)44-2)37-31(39)22-10-5-4-6-11-22/h4-20,30,38H,3H2,1-2H3,(H,35,40)(H,36,41)(H,37,39)(H,42,43)/b28-18-. The van der Waals surface area contributed by atoms with Gasteiger partial charge in [-0.05, 0) is 78.7 Å². The Labute approximate surface area is 264 Å². The summed E-state index contributed by atoms with van der Waals surface area (Å²) >= 11 is 1.27. The van der Waals surface area contributed by atoms with Gasteiger partial charge in [-0.2, -0.15) is 0 Å². The predicted molar refractivity (Wildman–Crippen MR) is 174 cm³/mol. The molecule has 0 saturated heterocycles. The van der Waals surface area contributed by atoms with Crippen molar-refractivity contribution in [3.8, 4) is 11.5 Å². The Morgan fingerprint density at radius 3 is 2.31 bits per heavy atom. The maximum atomic E-state index is 13.5. The van der Waals surface area contributed by atoms with Crippen LogP contribution in [0.5, 0.6) is 11.5 Å². The number of carbonyl (C=O) groups is 4. The summed E-state index contributed by atoms with van der Waals surface area (Å²) in [5.41, 5.74) is 1.39.